The Hall–Kier alpha value is -16.2. The highest BCUT2D eigenvalue weighted by Gasteiger charge is 2.53. The number of ether oxygens (including phenoxy) is 2. The maximum absolute atomic E-state index is 9.70. The lowest BCUT2D eigenvalue weighted by atomic mass is 9.62. The first kappa shape index (κ1) is 57.1. The Labute approximate surface area is 742 Å². The lowest BCUT2D eigenvalue weighted by Gasteiger charge is -2.39. The van der Waals surface area contributed by atoms with E-state index in [9.17, 15) is 11.0 Å². The van der Waals surface area contributed by atoms with Gasteiger partial charge < -0.3 is 34.7 Å². The largest absolute Gasteiger partial charge is 0.457 e. The van der Waals surface area contributed by atoms with Crippen molar-refractivity contribution < 1.29 is 35.8 Å². The summed E-state index contributed by atoms with van der Waals surface area (Å²) in [6.45, 7) is 0. The molecule has 0 saturated carbocycles. The summed E-state index contributed by atoms with van der Waals surface area (Å²) in [6, 6.07) is 107. The Morgan fingerprint density at radius 3 is 1.34 bits per heavy atom. The van der Waals surface area contributed by atoms with E-state index in [2.05, 4.69) is 216 Å². The molecule has 0 fully saturated rings. The molecule has 4 aliphatic rings. The molecule has 0 amide bonds. The molecule has 3 N–H and O–H groups in total. The van der Waals surface area contributed by atoms with Crippen molar-refractivity contribution in [2.24, 2.45) is 0 Å². The summed E-state index contributed by atoms with van der Waals surface area (Å²) in [5, 5.41) is 12.5. The van der Waals surface area contributed by atoms with Crippen molar-refractivity contribution in [3.63, 3.8) is 0 Å². The second-order valence-electron chi connectivity index (χ2n) is 31.3. The van der Waals surface area contributed by atoms with Gasteiger partial charge >= 0.3 is 0 Å². The molecule has 581 valence electrons. The van der Waals surface area contributed by atoms with Crippen LogP contribution >= 0.6 is 0 Å². The van der Waals surface area contributed by atoms with E-state index < -0.39 is 108 Å². The van der Waals surface area contributed by atoms with Gasteiger partial charge in [0.25, 0.3) is 0 Å². The number of para-hydroxylation sites is 7. The van der Waals surface area contributed by atoms with Gasteiger partial charge in [-0.1, -0.05) is 338 Å². The van der Waals surface area contributed by atoms with E-state index in [0.29, 0.717) is 73.4 Å². The van der Waals surface area contributed by atoms with E-state index in [4.69, 9.17) is 24.9 Å². The molecule has 24 rings (SSSR count). The van der Waals surface area contributed by atoms with Crippen LogP contribution in [0.4, 0.5) is 51.2 Å². The number of furan rings is 1. The molecule has 0 unspecified atom stereocenters. The van der Waals surface area contributed by atoms with E-state index in [1.54, 1.807) is 12.1 Å². The third-order valence-electron chi connectivity index (χ3n) is 24.7. The average molecular weight is 1600 g/mol. The molecule has 0 bridgehead atoms. The molecule has 3 heterocycles. The second-order valence-corrected chi connectivity index (χ2v) is 31.3. The number of nitrogens with zero attached hydrogens (tertiary/aromatic N) is 1. The predicted octanol–water partition coefficient (Wildman–Crippen LogP) is 29.2. The van der Waals surface area contributed by atoms with Gasteiger partial charge in [-0.15, -0.1) is 0 Å². The summed E-state index contributed by atoms with van der Waals surface area (Å²) in [5.41, 5.74) is 20.8. The number of fused-ring (bicyclic) bond motifs is 21. The highest BCUT2D eigenvalue weighted by atomic mass is 16.5. The summed E-state index contributed by atoms with van der Waals surface area (Å²) in [7, 11) is 2.06. The van der Waals surface area contributed by atoms with Crippen molar-refractivity contribution >= 4 is 91.3 Å². The Bertz CT molecular complexity index is 8650. The molecule has 1 aromatic heterocycles. The zero-order valence-corrected chi connectivity index (χ0v) is 66.2. The lowest BCUT2D eigenvalue weighted by molar-refractivity contribution is 0.436. The van der Waals surface area contributed by atoms with E-state index in [-0.39, 0.29) is 33.6 Å². The van der Waals surface area contributed by atoms with Crippen molar-refractivity contribution in [1.29, 1.82) is 0 Å². The van der Waals surface area contributed by atoms with Crippen LogP contribution in [0.25, 0.3) is 99.8 Å². The first-order valence-corrected chi connectivity index (χ1v) is 41.1. The monoisotopic (exact) mass is 1600 g/mol. The number of nitrogens with one attached hydrogen (secondary N) is 3. The SMILES string of the molecule is [2H]c1cc(-c2c([2H])c([2H])c([2H])c([2H])c2Nc2cccc(N(c3cc(-c4ccc5oc6ccccc6c5c4)ccc3[B]c3ccc(Nc4c([2H])c([2H])c([2H])c([2H])c4-c4cc([2H])c([2H])c([2H])c4[2H])cc3Nc3ccccc3-c3ccc4c(c3)C3(c5ccccc5O4)c4ccccc4-c4ccccc43)c3ccccc3-c3ccc4c(c3)C3(c5ccccc5O4)c4ccccc4-c4ccccc43)c2)c([2H])c([2H])c1[2H]. The summed E-state index contributed by atoms with van der Waals surface area (Å²) < 4.78 is 167. The van der Waals surface area contributed by atoms with Crippen molar-refractivity contribution in [2.45, 2.75) is 10.8 Å². The minimum absolute atomic E-state index is 0.151. The highest BCUT2D eigenvalue weighted by molar-refractivity contribution is 6.70. The van der Waals surface area contributed by atoms with Crippen LogP contribution in [0.2, 0.25) is 0 Å². The van der Waals surface area contributed by atoms with Crippen LogP contribution in [0.5, 0.6) is 23.0 Å². The third kappa shape index (κ3) is 11.7. The minimum Gasteiger partial charge on any atom is -0.457 e. The average Bonchev–Trinajstić information content (AvgIpc) is 1.51. The molecule has 2 aliphatic carbocycles. The number of anilines is 9. The summed E-state index contributed by atoms with van der Waals surface area (Å²) in [6.07, 6.45) is 0. The molecule has 0 atom stereocenters. The summed E-state index contributed by atoms with van der Waals surface area (Å²) in [5.74, 6) is 2.81. The van der Waals surface area contributed by atoms with Crippen LogP contribution in [0.3, 0.4) is 0 Å². The van der Waals surface area contributed by atoms with E-state index in [1.165, 1.54) is 12.1 Å². The van der Waals surface area contributed by atoms with E-state index in [0.717, 1.165) is 122 Å². The number of rotatable bonds is 16. The minimum atomic E-state index is -0.885. The van der Waals surface area contributed by atoms with Crippen LogP contribution in [0, 0.1) is 0 Å². The van der Waals surface area contributed by atoms with Crippen LogP contribution in [0.1, 0.15) is 66.4 Å². The van der Waals surface area contributed by atoms with Gasteiger partial charge in [-0.25, -0.2) is 0 Å². The van der Waals surface area contributed by atoms with Crippen molar-refractivity contribution in [3.05, 3.63) is 487 Å². The first-order valence-electron chi connectivity index (χ1n) is 49.1. The van der Waals surface area contributed by atoms with Gasteiger partial charge in [-0.05, 0) is 193 Å². The molecule has 0 saturated heterocycles. The molecule has 1 radical (unpaired) electrons. The molecular weight excluding hydrogens is 1510 g/mol. The van der Waals surface area contributed by atoms with Crippen LogP contribution in [-0.4, -0.2) is 7.28 Å². The summed E-state index contributed by atoms with van der Waals surface area (Å²) >= 11 is 0. The van der Waals surface area contributed by atoms with Crippen molar-refractivity contribution in [2.75, 3.05) is 20.9 Å². The normalized spacial score (nSPS) is 14.7. The van der Waals surface area contributed by atoms with E-state index in [1.807, 2.05) is 133 Å². The molecule has 2 aliphatic heterocycles. The lowest BCUT2D eigenvalue weighted by Crippen LogP contribution is -2.33. The van der Waals surface area contributed by atoms with Gasteiger partial charge in [0.1, 0.15) is 34.2 Å². The standard InChI is InChI=1S/C116H76BN4O3/c1-3-30-74(31-4-1)83-36-11-22-51-103(83)118-80-34-29-35-82(72-80)121(107-54-25-14-39-86(107)79-61-67-114-100(70-79)116(98-50-21-28-57-112(98)124-114)95-47-18-9-42-89(95)90-43-10-19-48-96(90)116)108-71-77(76-59-65-110-92(68-76)91-44-15-26-55-109(91)122-110)58-63-102(108)117-101-64-62-81(119-104-52-23-12-37-84(104)75-32-5-2-6-33-75)73-106(101)120-105-53-24-13-38-85(105)78-60-66-113-99(69-78)115(97-49-20-27-56-111(97)123-113)93-45-16-7-40-87(93)88-41-8-17-46-94(88)115/h1-73,118-120H/i1D,2D,3D,4D,5D,6D,11D,12D,22D,23D,30D,32D,36D,37D,51D,52D. The van der Waals surface area contributed by atoms with Gasteiger partial charge in [0, 0.05) is 101 Å². The Morgan fingerprint density at radius 1 is 0.250 bits per heavy atom. The maximum Gasteiger partial charge on any atom is 0.197 e. The Morgan fingerprint density at radius 2 is 0.718 bits per heavy atom. The third-order valence-corrected chi connectivity index (χ3v) is 24.7. The molecule has 20 aromatic rings. The smallest absolute Gasteiger partial charge is 0.197 e. The fourth-order valence-electron chi connectivity index (χ4n) is 19.4. The fourth-order valence-corrected chi connectivity index (χ4v) is 19.4. The number of hydrogen-bond donors (Lipinski definition) is 3. The molecule has 8 heteroatoms. The van der Waals surface area contributed by atoms with Gasteiger partial charge in [-0.2, -0.15) is 0 Å². The van der Waals surface area contributed by atoms with E-state index >= 15 is 0 Å². The highest BCUT2D eigenvalue weighted by Crippen LogP contribution is 2.65. The van der Waals surface area contributed by atoms with Crippen molar-refractivity contribution in [1.82, 2.24) is 0 Å². The number of hydrogen-bond acceptors (Lipinski definition) is 7. The Kier molecular flexibility index (Phi) is 13.5. The second kappa shape index (κ2) is 29.4. The zero-order valence-electron chi connectivity index (χ0n) is 82.2. The molecule has 19 aromatic carbocycles. The van der Waals surface area contributed by atoms with Gasteiger partial charge in [0.15, 0.2) is 7.28 Å². The molecule has 7 nitrogen and oxygen atoms in total. The van der Waals surface area contributed by atoms with Crippen LogP contribution in [0.15, 0.2) is 447 Å². The zero-order chi connectivity index (χ0) is 95.7. The predicted molar refractivity (Wildman–Crippen MR) is 511 cm³/mol. The number of benzene rings is 19. The molecule has 2 spiro atoms. The van der Waals surface area contributed by atoms with Gasteiger partial charge in [0.05, 0.1) is 38.4 Å². The quantitative estimate of drug-likeness (QED) is 0.0833. The van der Waals surface area contributed by atoms with Crippen LogP contribution < -0.4 is 41.2 Å². The summed E-state index contributed by atoms with van der Waals surface area (Å²) in [4.78, 5) is 2.16. The first-order chi connectivity index (χ1) is 68.0. The molecular formula is C116H76BN4O3. The van der Waals surface area contributed by atoms with Crippen LogP contribution in [-0.2, 0) is 10.8 Å². The Balaban J connectivity index is 0.738. The van der Waals surface area contributed by atoms with Crippen molar-refractivity contribution in [3.8, 4) is 101 Å². The van der Waals surface area contributed by atoms with Gasteiger partial charge in [0.2, 0.25) is 0 Å². The molecule has 124 heavy (non-hydrogen) atoms. The topological polar surface area (TPSA) is 70.9 Å². The fraction of sp³-hybridized carbons (Fsp3) is 0.0172. The maximum atomic E-state index is 9.70. The van der Waals surface area contributed by atoms with Gasteiger partial charge in [-0.3, -0.25) is 0 Å².